The van der Waals surface area contributed by atoms with Gasteiger partial charge in [-0.1, -0.05) is 26.3 Å². The van der Waals surface area contributed by atoms with Crippen molar-refractivity contribution in [2.75, 3.05) is 0 Å². The minimum Gasteiger partial charge on any atom is -0.295 e. The first-order valence-corrected chi connectivity index (χ1v) is 5.31. The molecule has 0 saturated heterocycles. The summed E-state index contributed by atoms with van der Waals surface area (Å²) in [5, 5.41) is 0. The second kappa shape index (κ2) is 4.94. The van der Waals surface area contributed by atoms with Gasteiger partial charge in [0.15, 0.2) is 5.78 Å². The first-order valence-electron chi connectivity index (χ1n) is 5.31. The lowest BCUT2D eigenvalue weighted by Crippen LogP contribution is -1.97. The fourth-order valence-electron chi connectivity index (χ4n) is 1.60. The van der Waals surface area contributed by atoms with E-state index in [9.17, 15) is 4.79 Å². The third kappa shape index (κ3) is 2.69. The van der Waals surface area contributed by atoms with Gasteiger partial charge in [0.2, 0.25) is 0 Å². The van der Waals surface area contributed by atoms with Gasteiger partial charge in [0.1, 0.15) is 0 Å². The molecular formula is C13H18O. The smallest absolute Gasteiger partial charge is 0.159 e. The Bertz CT molecular complexity index is 326. The van der Waals surface area contributed by atoms with Crippen molar-refractivity contribution in [1.82, 2.24) is 0 Å². The standard InChI is InChI=1S/C13H18O/c1-4-6-12-7-11(5-2)8-13(9-12)10(3)14/h7-9H,4-6H2,1-3H3. The average molecular weight is 190 g/mol. The van der Waals surface area contributed by atoms with Gasteiger partial charge in [0, 0.05) is 5.56 Å². The van der Waals surface area contributed by atoms with Crippen LogP contribution in [0.25, 0.3) is 0 Å². The van der Waals surface area contributed by atoms with Crippen molar-refractivity contribution in [3.63, 3.8) is 0 Å². The molecule has 1 aromatic rings. The Morgan fingerprint density at radius 3 is 2.29 bits per heavy atom. The maximum Gasteiger partial charge on any atom is 0.159 e. The van der Waals surface area contributed by atoms with Crippen LogP contribution >= 0.6 is 0 Å². The van der Waals surface area contributed by atoms with Crippen LogP contribution in [0.2, 0.25) is 0 Å². The highest BCUT2D eigenvalue weighted by molar-refractivity contribution is 5.94. The summed E-state index contributed by atoms with van der Waals surface area (Å²) in [5.74, 6) is 0.164. The number of aryl methyl sites for hydroxylation is 2. The average Bonchev–Trinajstić information content (AvgIpc) is 2.17. The van der Waals surface area contributed by atoms with Crippen molar-refractivity contribution in [1.29, 1.82) is 0 Å². The second-order valence-electron chi connectivity index (χ2n) is 3.70. The molecule has 0 unspecified atom stereocenters. The number of hydrogen-bond donors (Lipinski definition) is 0. The Morgan fingerprint density at radius 1 is 1.14 bits per heavy atom. The number of carbonyl (C=O) groups excluding carboxylic acids is 1. The predicted molar refractivity (Wildman–Crippen MR) is 59.8 cm³/mol. The van der Waals surface area contributed by atoms with Crippen molar-refractivity contribution >= 4 is 5.78 Å². The summed E-state index contributed by atoms with van der Waals surface area (Å²) in [4.78, 5) is 11.3. The molecule has 0 fully saturated rings. The van der Waals surface area contributed by atoms with Gasteiger partial charge in [-0.25, -0.2) is 0 Å². The van der Waals surface area contributed by atoms with E-state index in [-0.39, 0.29) is 5.78 Å². The van der Waals surface area contributed by atoms with E-state index in [2.05, 4.69) is 19.9 Å². The van der Waals surface area contributed by atoms with Crippen molar-refractivity contribution < 1.29 is 4.79 Å². The molecule has 0 amide bonds. The largest absolute Gasteiger partial charge is 0.295 e. The summed E-state index contributed by atoms with van der Waals surface area (Å²) < 4.78 is 0. The predicted octanol–water partition coefficient (Wildman–Crippen LogP) is 3.40. The molecule has 0 saturated carbocycles. The lowest BCUT2D eigenvalue weighted by Gasteiger charge is -2.05. The zero-order chi connectivity index (χ0) is 10.6. The molecule has 0 radical (unpaired) electrons. The zero-order valence-electron chi connectivity index (χ0n) is 9.26. The summed E-state index contributed by atoms with van der Waals surface area (Å²) in [5.41, 5.74) is 3.41. The first-order chi connectivity index (χ1) is 6.67. The highest BCUT2D eigenvalue weighted by atomic mass is 16.1. The molecule has 0 N–H and O–H groups in total. The van der Waals surface area contributed by atoms with Crippen molar-refractivity contribution in [2.24, 2.45) is 0 Å². The first kappa shape index (κ1) is 11.0. The van der Waals surface area contributed by atoms with Crippen LogP contribution < -0.4 is 0 Å². The van der Waals surface area contributed by atoms with E-state index in [0.717, 1.165) is 24.8 Å². The summed E-state index contributed by atoms with van der Waals surface area (Å²) in [6.07, 6.45) is 3.19. The van der Waals surface area contributed by atoms with E-state index in [0.29, 0.717) is 0 Å². The van der Waals surface area contributed by atoms with Crippen LogP contribution in [0.15, 0.2) is 18.2 Å². The number of Topliss-reactive ketones (excluding diaryl/α,β-unsaturated/α-hetero) is 1. The summed E-state index contributed by atoms with van der Waals surface area (Å²) >= 11 is 0. The molecule has 0 atom stereocenters. The van der Waals surface area contributed by atoms with Gasteiger partial charge in [0.25, 0.3) is 0 Å². The van der Waals surface area contributed by atoms with Crippen LogP contribution in [0.4, 0.5) is 0 Å². The number of rotatable bonds is 4. The van der Waals surface area contributed by atoms with Crippen molar-refractivity contribution in [3.8, 4) is 0 Å². The second-order valence-corrected chi connectivity index (χ2v) is 3.70. The van der Waals surface area contributed by atoms with Gasteiger partial charge in [-0.15, -0.1) is 0 Å². The molecule has 1 rings (SSSR count). The SMILES string of the molecule is CCCc1cc(CC)cc(C(C)=O)c1. The van der Waals surface area contributed by atoms with Crippen LogP contribution in [-0.2, 0) is 12.8 Å². The molecular weight excluding hydrogens is 172 g/mol. The molecule has 1 heteroatoms. The molecule has 0 aromatic heterocycles. The van der Waals surface area contributed by atoms with Crippen LogP contribution in [0, 0.1) is 0 Å². The van der Waals surface area contributed by atoms with Gasteiger partial charge in [-0.05, 0) is 43.0 Å². The molecule has 0 aliphatic heterocycles. The fourth-order valence-corrected chi connectivity index (χ4v) is 1.60. The van der Waals surface area contributed by atoms with Crippen molar-refractivity contribution in [2.45, 2.75) is 40.0 Å². The monoisotopic (exact) mass is 190 g/mol. The van der Waals surface area contributed by atoms with Gasteiger partial charge < -0.3 is 0 Å². The van der Waals surface area contributed by atoms with Gasteiger partial charge in [-0.2, -0.15) is 0 Å². The molecule has 0 bridgehead atoms. The van der Waals surface area contributed by atoms with Gasteiger partial charge in [-0.3, -0.25) is 4.79 Å². The molecule has 1 nitrogen and oxygen atoms in total. The molecule has 0 aliphatic rings. The highest BCUT2D eigenvalue weighted by Crippen LogP contribution is 2.13. The molecule has 0 aliphatic carbocycles. The Hall–Kier alpha value is -1.11. The highest BCUT2D eigenvalue weighted by Gasteiger charge is 2.03. The third-order valence-corrected chi connectivity index (χ3v) is 2.41. The van der Waals surface area contributed by atoms with E-state index in [1.807, 2.05) is 12.1 Å². The quantitative estimate of drug-likeness (QED) is 0.665. The minimum atomic E-state index is 0.164. The number of carbonyl (C=O) groups is 1. The minimum absolute atomic E-state index is 0.164. The summed E-state index contributed by atoms with van der Waals surface area (Å²) in [7, 11) is 0. The lowest BCUT2D eigenvalue weighted by molar-refractivity contribution is 0.101. The summed E-state index contributed by atoms with van der Waals surface area (Å²) in [6, 6.07) is 6.22. The molecule has 14 heavy (non-hydrogen) atoms. The van der Waals surface area contributed by atoms with Crippen LogP contribution in [0.5, 0.6) is 0 Å². The third-order valence-electron chi connectivity index (χ3n) is 2.41. The van der Waals surface area contributed by atoms with Crippen LogP contribution in [-0.4, -0.2) is 5.78 Å². The van der Waals surface area contributed by atoms with E-state index >= 15 is 0 Å². The molecule has 76 valence electrons. The van der Waals surface area contributed by atoms with Gasteiger partial charge in [0.05, 0.1) is 0 Å². The maximum atomic E-state index is 11.3. The Morgan fingerprint density at radius 2 is 1.79 bits per heavy atom. The number of benzene rings is 1. The van der Waals surface area contributed by atoms with Crippen LogP contribution in [0.1, 0.15) is 48.7 Å². The van der Waals surface area contributed by atoms with E-state index in [1.165, 1.54) is 11.1 Å². The topological polar surface area (TPSA) is 17.1 Å². The van der Waals surface area contributed by atoms with Gasteiger partial charge >= 0.3 is 0 Å². The molecule has 0 heterocycles. The summed E-state index contributed by atoms with van der Waals surface area (Å²) in [6.45, 7) is 5.91. The Kier molecular flexibility index (Phi) is 3.87. The molecule has 1 aromatic carbocycles. The van der Waals surface area contributed by atoms with E-state index in [1.54, 1.807) is 6.92 Å². The molecule has 0 spiro atoms. The number of hydrogen-bond acceptors (Lipinski definition) is 1. The Labute approximate surface area is 86.1 Å². The van der Waals surface area contributed by atoms with E-state index in [4.69, 9.17) is 0 Å². The lowest BCUT2D eigenvalue weighted by atomic mass is 9.99. The zero-order valence-corrected chi connectivity index (χ0v) is 9.26. The van der Waals surface area contributed by atoms with Crippen LogP contribution in [0.3, 0.4) is 0 Å². The fraction of sp³-hybridized carbons (Fsp3) is 0.462. The van der Waals surface area contributed by atoms with Crippen molar-refractivity contribution in [3.05, 3.63) is 34.9 Å². The van der Waals surface area contributed by atoms with E-state index < -0.39 is 0 Å². The number of ketones is 1. The normalized spacial score (nSPS) is 10.2. The Balaban J connectivity index is 3.06. The maximum absolute atomic E-state index is 11.3.